The summed E-state index contributed by atoms with van der Waals surface area (Å²) in [6.45, 7) is 0. The second-order valence-corrected chi connectivity index (χ2v) is 6.66. The molecule has 2 rings (SSSR count). The van der Waals surface area contributed by atoms with Gasteiger partial charge in [0, 0.05) is 10.3 Å². The number of rotatable bonds is 3. The van der Waals surface area contributed by atoms with E-state index in [9.17, 15) is 36.0 Å². The lowest BCUT2D eigenvalue weighted by Crippen LogP contribution is -2.05. The molecule has 2 aromatic rings. The smallest absolute Gasteiger partial charge is 0.124 e. The first-order chi connectivity index (χ1) is 9.55. The fraction of sp³-hybridized carbons (Fsp3) is 0. The molecule has 0 aliphatic rings. The van der Waals surface area contributed by atoms with Crippen LogP contribution in [0.4, 0.5) is 5.69 Å². The molecule has 0 saturated heterocycles. The Morgan fingerprint density at radius 2 is 1.57 bits per heavy atom. The Balaban J connectivity index is 2.99. The van der Waals surface area contributed by atoms with Crippen LogP contribution in [0.2, 0.25) is 0 Å². The predicted octanol–water partition coefficient (Wildman–Crippen LogP) is 0.120. The Morgan fingerprint density at radius 1 is 0.952 bits per heavy atom. The maximum Gasteiger partial charge on any atom is 0.124 e. The molecule has 0 spiro atoms. The predicted molar refractivity (Wildman–Crippen MR) is 64.8 cm³/mol. The average Bonchev–Trinajstić information content (AvgIpc) is 2.35. The third-order valence-corrected chi connectivity index (χ3v) is 4.33. The van der Waals surface area contributed by atoms with Crippen LogP contribution in [-0.2, 0) is 20.2 Å². The van der Waals surface area contributed by atoms with E-state index in [1.54, 1.807) is 0 Å². The highest BCUT2D eigenvalue weighted by Crippen LogP contribution is 2.39. The van der Waals surface area contributed by atoms with E-state index >= 15 is 0 Å². The van der Waals surface area contributed by atoms with Crippen LogP contribution in [-0.4, -0.2) is 25.9 Å². The van der Waals surface area contributed by atoms with Crippen LogP contribution in [0.3, 0.4) is 0 Å². The number of nitroso groups, excluding NO2 is 1. The summed E-state index contributed by atoms with van der Waals surface area (Å²) in [6, 6.07) is 3.15. The summed E-state index contributed by atoms with van der Waals surface area (Å²) in [6.07, 6.45) is 0. The second-order valence-electron chi connectivity index (χ2n) is 3.93. The molecule has 0 saturated carbocycles. The van der Waals surface area contributed by atoms with Crippen molar-refractivity contribution in [1.82, 2.24) is 0 Å². The molecule has 0 heterocycles. The Kier molecular flexibility index (Phi) is 3.45. The molecule has 112 valence electrons. The van der Waals surface area contributed by atoms with E-state index in [0.717, 1.165) is 18.2 Å². The zero-order valence-electron chi connectivity index (χ0n) is 9.84. The van der Waals surface area contributed by atoms with E-state index in [2.05, 4.69) is 5.18 Å². The second kappa shape index (κ2) is 4.73. The Hall–Kier alpha value is -2.08. The van der Waals surface area contributed by atoms with Crippen LogP contribution >= 0.6 is 0 Å². The zero-order chi connectivity index (χ0) is 16.0. The van der Waals surface area contributed by atoms with Gasteiger partial charge in [-0.1, -0.05) is 11.8 Å². The lowest BCUT2D eigenvalue weighted by Gasteiger charge is -2.19. The van der Waals surface area contributed by atoms with Crippen molar-refractivity contribution in [1.29, 1.82) is 0 Å². The molecule has 0 N–H and O–H groups in total. The Labute approximate surface area is 118 Å². The molecule has 9 nitrogen and oxygen atoms in total. The van der Waals surface area contributed by atoms with Gasteiger partial charge < -0.3 is 14.2 Å². The minimum Gasteiger partial charge on any atom is -0.870 e. The molecule has 0 atom stereocenters. The van der Waals surface area contributed by atoms with Crippen molar-refractivity contribution >= 4 is 36.7 Å². The standard InChI is InChI=1S/C10H7NO8S2/c12-10-8(21(17,18)19)4-5-3-6(20(14,15)16)1-2-7(5)9(10)11-13/h1-4,12H,(H,14,15,16)(H,17,18,19)/p-3. The Morgan fingerprint density at radius 3 is 2.05 bits per heavy atom. The van der Waals surface area contributed by atoms with Crippen molar-refractivity contribution in [3.63, 3.8) is 0 Å². The van der Waals surface area contributed by atoms with Gasteiger partial charge in [0.05, 0.1) is 4.90 Å². The molecule has 0 bridgehead atoms. The van der Waals surface area contributed by atoms with Crippen LogP contribution in [0.25, 0.3) is 10.8 Å². The van der Waals surface area contributed by atoms with Crippen molar-refractivity contribution in [3.8, 4) is 5.75 Å². The SMILES string of the molecule is O=Nc1c([O-])c(S(=O)(=O)[O-])cc2cc(S(=O)(=O)[O-])ccc12. The molecule has 0 aliphatic carbocycles. The summed E-state index contributed by atoms with van der Waals surface area (Å²) in [7, 11) is -10.0. The number of hydrogen-bond acceptors (Lipinski definition) is 9. The lowest BCUT2D eigenvalue weighted by molar-refractivity contribution is -0.271. The van der Waals surface area contributed by atoms with E-state index in [4.69, 9.17) is 0 Å². The van der Waals surface area contributed by atoms with Crippen LogP contribution < -0.4 is 5.11 Å². The molecule has 0 unspecified atom stereocenters. The first-order valence-corrected chi connectivity index (χ1v) is 7.90. The quantitative estimate of drug-likeness (QED) is 0.564. The summed E-state index contributed by atoms with van der Waals surface area (Å²) in [4.78, 5) is 8.72. The van der Waals surface area contributed by atoms with Crippen molar-refractivity contribution in [3.05, 3.63) is 29.2 Å². The first-order valence-electron chi connectivity index (χ1n) is 5.08. The molecular weight excluding hydrogens is 326 g/mol. The van der Waals surface area contributed by atoms with Gasteiger partial charge in [-0.25, -0.2) is 16.8 Å². The van der Waals surface area contributed by atoms with E-state index in [0.29, 0.717) is 6.07 Å². The third-order valence-electron chi connectivity index (χ3n) is 2.65. The van der Waals surface area contributed by atoms with Crippen molar-refractivity contribution in [2.24, 2.45) is 5.18 Å². The van der Waals surface area contributed by atoms with Gasteiger partial charge in [0.1, 0.15) is 25.9 Å². The van der Waals surface area contributed by atoms with Gasteiger partial charge in [-0.05, 0) is 28.8 Å². The van der Waals surface area contributed by atoms with Crippen molar-refractivity contribution < 1.29 is 31.0 Å². The fourth-order valence-corrected chi connectivity index (χ4v) is 2.85. The van der Waals surface area contributed by atoms with E-state index in [1.165, 1.54) is 0 Å². The van der Waals surface area contributed by atoms with Gasteiger partial charge in [0.25, 0.3) is 0 Å². The van der Waals surface area contributed by atoms with Gasteiger partial charge in [0.2, 0.25) is 0 Å². The van der Waals surface area contributed by atoms with Gasteiger partial charge in [-0.2, -0.15) is 0 Å². The zero-order valence-corrected chi connectivity index (χ0v) is 11.5. The van der Waals surface area contributed by atoms with Crippen LogP contribution in [0.5, 0.6) is 5.75 Å². The highest BCUT2D eigenvalue weighted by Gasteiger charge is 2.13. The number of benzene rings is 2. The molecule has 0 amide bonds. The van der Waals surface area contributed by atoms with Gasteiger partial charge in [-0.3, -0.25) is 0 Å². The maximum atomic E-state index is 11.7. The summed E-state index contributed by atoms with van der Waals surface area (Å²) in [5.41, 5.74) is -0.850. The maximum absolute atomic E-state index is 11.7. The highest BCUT2D eigenvalue weighted by molar-refractivity contribution is 7.86. The summed E-state index contributed by atoms with van der Waals surface area (Å²) in [5, 5.41) is 13.6. The van der Waals surface area contributed by atoms with Crippen molar-refractivity contribution in [2.75, 3.05) is 0 Å². The molecule has 0 radical (unpaired) electrons. The molecule has 0 aromatic heterocycles. The van der Waals surface area contributed by atoms with E-state index < -0.39 is 41.5 Å². The molecule has 0 fully saturated rings. The topological polar surface area (TPSA) is 167 Å². The van der Waals surface area contributed by atoms with Crippen molar-refractivity contribution in [2.45, 2.75) is 9.79 Å². The minimum absolute atomic E-state index is 0.171. The summed E-state index contributed by atoms with van der Waals surface area (Å²) >= 11 is 0. The van der Waals surface area contributed by atoms with Crippen LogP contribution in [0.15, 0.2) is 39.2 Å². The number of fused-ring (bicyclic) bond motifs is 1. The van der Waals surface area contributed by atoms with Crippen LogP contribution in [0, 0.1) is 4.91 Å². The molecule has 21 heavy (non-hydrogen) atoms. The van der Waals surface area contributed by atoms with E-state index in [1.807, 2.05) is 0 Å². The fourth-order valence-electron chi connectivity index (χ4n) is 1.75. The average molecular weight is 330 g/mol. The minimum atomic E-state index is -5.19. The molecule has 11 heteroatoms. The Bertz CT molecular complexity index is 962. The number of hydrogen-bond donors (Lipinski definition) is 0. The highest BCUT2D eigenvalue weighted by atomic mass is 32.2. The van der Waals surface area contributed by atoms with Gasteiger partial charge in [0.15, 0.2) is 0 Å². The molecular formula is C10H4NO8S2-3. The third kappa shape index (κ3) is 2.71. The number of nitrogens with zero attached hydrogens (tertiary/aromatic N) is 1. The molecule has 0 aliphatic heterocycles. The largest absolute Gasteiger partial charge is 0.870 e. The van der Waals surface area contributed by atoms with Gasteiger partial charge >= 0.3 is 0 Å². The van der Waals surface area contributed by atoms with E-state index in [-0.39, 0.29) is 10.8 Å². The summed E-state index contributed by atoms with van der Waals surface area (Å²) in [5.74, 6) is -1.38. The molecule has 2 aromatic carbocycles. The first kappa shape index (κ1) is 15.3. The van der Waals surface area contributed by atoms with Gasteiger partial charge in [-0.15, -0.1) is 4.91 Å². The van der Waals surface area contributed by atoms with Crippen LogP contribution in [0.1, 0.15) is 0 Å². The summed E-state index contributed by atoms with van der Waals surface area (Å²) < 4.78 is 65.6. The lowest BCUT2D eigenvalue weighted by atomic mass is 10.1. The normalized spacial score (nSPS) is 12.5. The monoisotopic (exact) mass is 330 g/mol.